The Hall–Kier alpha value is -2.24. The minimum Gasteiger partial charge on any atom is -0.444 e. The molecule has 0 radical (unpaired) electrons. The lowest BCUT2D eigenvalue weighted by Gasteiger charge is -2.56. The van der Waals surface area contributed by atoms with E-state index in [9.17, 15) is 9.59 Å². The van der Waals surface area contributed by atoms with E-state index >= 15 is 0 Å². The number of anilines is 2. The average molecular weight is 468 g/mol. The van der Waals surface area contributed by atoms with Crippen LogP contribution in [-0.2, 0) is 9.53 Å². The zero-order valence-electron chi connectivity index (χ0n) is 21.3. The van der Waals surface area contributed by atoms with Gasteiger partial charge in [-0.3, -0.25) is 4.79 Å². The zero-order valence-corrected chi connectivity index (χ0v) is 21.3. The molecule has 5 aliphatic rings. The van der Waals surface area contributed by atoms with Gasteiger partial charge in [-0.15, -0.1) is 0 Å². The number of carbonyl (C=O) groups excluding carboxylic acids is 2. The lowest BCUT2D eigenvalue weighted by Crippen LogP contribution is -2.47. The third-order valence-corrected chi connectivity index (χ3v) is 8.46. The van der Waals surface area contributed by atoms with Crippen LogP contribution in [0.3, 0.4) is 0 Å². The van der Waals surface area contributed by atoms with Gasteiger partial charge in [-0.1, -0.05) is 0 Å². The van der Waals surface area contributed by atoms with Crippen LogP contribution in [0, 0.1) is 30.1 Å². The molecule has 2 amide bonds. The molecule has 1 aliphatic heterocycles. The molecule has 1 saturated heterocycles. The molecule has 6 rings (SSSR count). The Balaban J connectivity index is 1.15. The Bertz CT molecular complexity index is 915. The smallest absolute Gasteiger partial charge is 0.407 e. The second-order valence-corrected chi connectivity index (χ2v) is 12.7. The molecule has 0 spiro atoms. The van der Waals surface area contributed by atoms with Crippen LogP contribution in [-0.4, -0.2) is 36.7 Å². The highest BCUT2D eigenvalue weighted by Crippen LogP contribution is 2.61. The van der Waals surface area contributed by atoms with Crippen LogP contribution in [0.5, 0.6) is 0 Å². The van der Waals surface area contributed by atoms with Crippen molar-refractivity contribution in [1.82, 2.24) is 5.32 Å². The van der Waals surface area contributed by atoms with Gasteiger partial charge in [-0.05, 0) is 120 Å². The zero-order chi connectivity index (χ0) is 24.1. The fourth-order valence-electron chi connectivity index (χ4n) is 7.61. The maximum atomic E-state index is 13.1. The molecule has 4 saturated carbocycles. The van der Waals surface area contributed by atoms with Crippen LogP contribution in [0.4, 0.5) is 16.2 Å². The van der Waals surface area contributed by atoms with E-state index in [-0.39, 0.29) is 23.5 Å². The van der Waals surface area contributed by atoms with Crippen LogP contribution in [0.15, 0.2) is 18.2 Å². The molecule has 6 heteroatoms. The van der Waals surface area contributed by atoms with Crippen molar-refractivity contribution in [3.63, 3.8) is 0 Å². The van der Waals surface area contributed by atoms with Gasteiger partial charge in [0.05, 0.1) is 6.04 Å². The first-order valence-electron chi connectivity index (χ1n) is 13.2. The number of nitrogens with zero attached hydrogens (tertiary/aromatic N) is 1. The molecule has 5 fully saturated rings. The number of nitrogens with one attached hydrogen (secondary N) is 2. The van der Waals surface area contributed by atoms with E-state index in [2.05, 4.69) is 34.6 Å². The Morgan fingerprint density at radius 1 is 1.09 bits per heavy atom. The van der Waals surface area contributed by atoms with Crippen molar-refractivity contribution in [3.8, 4) is 0 Å². The fraction of sp³-hybridized carbons (Fsp3) is 0.714. The summed E-state index contributed by atoms with van der Waals surface area (Å²) in [5, 5.41) is 6.22. The number of ether oxygens (including phenoxy) is 1. The molecule has 186 valence electrons. The highest BCUT2D eigenvalue weighted by atomic mass is 16.6. The lowest BCUT2D eigenvalue weighted by atomic mass is 9.49. The Morgan fingerprint density at radius 2 is 1.74 bits per heavy atom. The van der Waals surface area contributed by atoms with E-state index in [0.29, 0.717) is 6.42 Å². The number of rotatable bonds is 5. The summed E-state index contributed by atoms with van der Waals surface area (Å²) in [6.45, 7) is 9.34. The number of benzene rings is 1. The van der Waals surface area contributed by atoms with Gasteiger partial charge in [0.1, 0.15) is 5.60 Å². The SMILES string of the molecule is Cc1cc(N2CCC(NC(=O)OC(C)(C)C)C2)ccc1NC(=O)CC12CC3CC(CC(C3)C1)C2. The van der Waals surface area contributed by atoms with Gasteiger partial charge in [0.2, 0.25) is 5.91 Å². The molecule has 4 bridgehead atoms. The number of amides is 2. The van der Waals surface area contributed by atoms with Crippen molar-refractivity contribution >= 4 is 23.4 Å². The number of aryl methyl sites for hydroxylation is 1. The summed E-state index contributed by atoms with van der Waals surface area (Å²) in [5.41, 5.74) is 2.90. The van der Waals surface area contributed by atoms with Gasteiger partial charge >= 0.3 is 6.09 Å². The second-order valence-electron chi connectivity index (χ2n) is 12.7. The number of hydrogen-bond donors (Lipinski definition) is 2. The van der Waals surface area contributed by atoms with Crippen LogP contribution in [0.2, 0.25) is 0 Å². The standard InChI is InChI=1S/C28H41N3O3/c1-18-9-23(31-8-7-22(17-31)29-26(33)34-27(2,3)4)5-6-24(18)30-25(32)16-28-13-19-10-20(14-28)12-21(11-19)15-28/h5-6,9,19-22H,7-8,10-17H2,1-4H3,(H,29,33)(H,30,32). The van der Waals surface area contributed by atoms with Crippen LogP contribution in [0.25, 0.3) is 0 Å². The van der Waals surface area contributed by atoms with Crippen LogP contribution in [0.1, 0.15) is 77.7 Å². The predicted octanol–water partition coefficient (Wildman–Crippen LogP) is 5.64. The molecule has 1 unspecified atom stereocenters. The quantitative estimate of drug-likeness (QED) is 0.588. The molecule has 34 heavy (non-hydrogen) atoms. The lowest BCUT2D eigenvalue weighted by molar-refractivity contribution is -0.124. The van der Waals surface area contributed by atoms with Gasteiger partial charge in [-0.25, -0.2) is 4.79 Å². The van der Waals surface area contributed by atoms with Gasteiger partial charge in [0.25, 0.3) is 0 Å². The first-order chi connectivity index (χ1) is 16.1. The highest BCUT2D eigenvalue weighted by Gasteiger charge is 2.51. The largest absolute Gasteiger partial charge is 0.444 e. The third kappa shape index (κ3) is 5.21. The minimum absolute atomic E-state index is 0.0785. The topological polar surface area (TPSA) is 70.7 Å². The van der Waals surface area contributed by atoms with Crippen molar-refractivity contribution in [2.75, 3.05) is 23.3 Å². The summed E-state index contributed by atoms with van der Waals surface area (Å²) in [4.78, 5) is 27.4. The molecule has 1 aromatic rings. The van der Waals surface area contributed by atoms with Crippen molar-refractivity contribution in [2.24, 2.45) is 23.2 Å². The molecule has 6 nitrogen and oxygen atoms in total. The first kappa shape index (κ1) is 23.5. The Kier molecular flexibility index (Phi) is 6.06. The predicted molar refractivity (Wildman–Crippen MR) is 135 cm³/mol. The molecular formula is C28H41N3O3. The van der Waals surface area contributed by atoms with Crippen molar-refractivity contribution in [1.29, 1.82) is 0 Å². The highest BCUT2D eigenvalue weighted by molar-refractivity contribution is 5.92. The van der Waals surface area contributed by atoms with Gasteiger partial charge in [-0.2, -0.15) is 0 Å². The third-order valence-electron chi connectivity index (χ3n) is 8.46. The first-order valence-corrected chi connectivity index (χ1v) is 13.2. The van der Waals surface area contributed by atoms with E-state index < -0.39 is 5.60 Å². The number of hydrogen-bond acceptors (Lipinski definition) is 4. The summed E-state index contributed by atoms with van der Waals surface area (Å²) >= 11 is 0. The normalized spacial score (nSPS) is 32.1. The maximum absolute atomic E-state index is 13.1. The molecule has 1 atom stereocenters. The van der Waals surface area contributed by atoms with E-state index in [1.54, 1.807) is 0 Å². The maximum Gasteiger partial charge on any atom is 0.407 e. The van der Waals surface area contributed by atoms with E-state index in [4.69, 9.17) is 4.74 Å². The number of alkyl carbamates (subject to hydrolysis) is 1. The molecule has 4 aliphatic carbocycles. The van der Waals surface area contributed by atoms with Crippen molar-refractivity contribution in [2.45, 2.75) is 90.7 Å². The van der Waals surface area contributed by atoms with E-state index in [1.165, 1.54) is 38.5 Å². The summed E-state index contributed by atoms with van der Waals surface area (Å²) in [6, 6.07) is 6.35. The monoisotopic (exact) mass is 467 g/mol. The van der Waals surface area contributed by atoms with Crippen molar-refractivity contribution < 1.29 is 14.3 Å². The van der Waals surface area contributed by atoms with Gasteiger partial charge in [0.15, 0.2) is 0 Å². The molecule has 1 heterocycles. The summed E-state index contributed by atoms with van der Waals surface area (Å²) in [7, 11) is 0. The van der Waals surface area contributed by atoms with E-state index in [1.807, 2.05) is 26.8 Å². The molecule has 2 N–H and O–H groups in total. The van der Waals surface area contributed by atoms with Crippen LogP contribution >= 0.6 is 0 Å². The van der Waals surface area contributed by atoms with Gasteiger partial charge < -0.3 is 20.3 Å². The molecule has 0 aromatic heterocycles. The number of carbonyl (C=O) groups is 2. The fourth-order valence-corrected chi connectivity index (χ4v) is 7.61. The average Bonchev–Trinajstić information content (AvgIpc) is 3.14. The molecular weight excluding hydrogens is 426 g/mol. The minimum atomic E-state index is -0.491. The van der Waals surface area contributed by atoms with Crippen molar-refractivity contribution in [3.05, 3.63) is 23.8 Å². The summed E-state index contributed by atoms with van der Waals surface area (Å²) in [5.74, 6) is 2.79. The summed E-state index contributed by atoms with van der Waals surface area (Å²) in [6.07, 6.45) is 9.23. The molecule has 1 aromatic carbocycles. The van der Waals surface area contributed by atoms with E-state index in [0.717, 1.165) is 54.2 Å². The van der Waals surface area contributed by atoms with Crippen LogP contribution < -0.4 is 15.5 Å². The summed E-state index contributed by atoms with van der Waals surface area (Å²) < 4.78 is 5.39. The Morgan fingerprint density at radius 3 is 2.32 bits per heavy atom. The van der Waals surface area contributed by atoms with Gasteiger partial charge in [0, 0.05) is 30.9 Å². The second kappa shape index (κ2) is 8.76. The Labute approximate surface area is 204 Å².